The van der Waals surface area contributed by atoms with E-state index >= 15 is 0 Å². The molecule has 4 aromatic rings. The number of nitrogens with one attached hydrogen (secondary N) is 2. The van der Waals surface area contributed by atoms with Crippen LogP contribution in [-0.2, 0) is 4.79 Å². The second kappa shape index (κ2) is 12.7. The zero-order valence-electron chi connectivity index (χ0n) is 21.1. The van der Waals surface area contributed by atoms with Crippen molar-refractivity contribution in [2.45, 2.75) is 6.42 Å². The van der Waals surface area contributed by atoms with E-state index in [0.29, 0.717) is 58.1 Å². The number of methoxy groups -OCH3 is 1. The average molecular weight is 537 g/mol. The second-order valence-corrected chi connectivity index (χ2v) is 8.56. The number of nitrogens with two attached hydrogens (primary N) is 1. The summed E-state index contributed by atoms with van der Waals surface area (Å²) in [6.07, 6.45) is 2.34. The van der Waals surface area contributed by atoms with Crippen LogP contribution in [0.25, 0.3) is 10.9 Å². The highest BCUT2D eigenvalue weighted by molar-refractivity contribution is 6.17. The van der Waals surface area contributed by atoms with Gasteiger partial charge >= 0.3 is 0 Å². The number of ether oxygens (including phenoxy) is 4. The van der Waals surface area contributed by atoms with Gasteiger partial charge < -0.3 is 35.3 Å². The minimum Gasteiger partial charge on any atom is -0.493 e. The Balaban J connectivity index is 1.47. The van der Waals surface area contributed by atoms with Gasteiger partial charge in [-0.2, -0.15) is 0 Å². The van der Waals surface area contributed by atoms with Crippen molar-refractivity contribution in [3.63, 3.8) is 0 Å². The second-order valence-electron chi connectivity index (χ2n) is 8.18. The van der Waals surface area contributed by atoms with Crippen molar-refractivity contribution in [3.8, 4) is 28.7 Å². The van der Waals surface area contributed by atoms with Crippen LogP contribution < -0.4 is 35.3 Å². The lowest BCUT2D eigenvalue weighted by Gasteiger charge is -2.16. The van der Waals surface area contributed by atoms with Gasteiger partial charge in [0.25, 0.3) is 5.91 Å². The number of hydrogen-bond acceptors (Lipinski definition) is 8. The average Bonchev–Trinajstić information content (AvgIpc) is 2.94. The molecule has 0 aliphatic rings. The van der Waals surface area contributed by atoms with Crippen molar-refractivity contribution >= 4 is 45.5 Å². The number of nitrogens with zero attached hydrogens (tertiary/aromatic N) is 1. The topological polar surface area (TPSA) is 117 Å². The molecule has 0 bridgehead atoms. The van der Waals surface area contributed by atoms with Crippen LogP contribution in [0.2, 0.25) is 0 Å². The molecule has 0 saturated heterocycles. The van der Waals surface area contributed by atoms with Crippen LogP contribution in [0.3, 0.4) is 0 Å². The molecule has 0 aliphatic carbocycles. The molecule has 1 amide bonds. The summed E-state index contributed by atoms with van der Waals surface area (Å²) < 4.78 is 22.7. The maximum absolute atomic E-state index is 11.3. The molecule has 0 aliphatic heterocycles. The molecule has 0 unspecified atom stereocenters. The maximum Gasteiger partial charge on any atom is 0.257 e. The van der Waals surface area contributed by atoms with Gasteiger partial charge in [0.15, 0.2) is 18.1 Å². The molecule has 0 radical (unpaired) electrons. The molecule has 0 fully saturated rings. The molecule has 38 heavy (non-hydrogen) atoms. The van der Waals surface area contributed by atoms with Crippen LogP contribution in [-0.4, -0.2) is 44.1 Å². The number of amides is 1. The van der Waals surface area contributed by atoms with Gasteiger partial charge in [-0.25, -0.2) is 0 Å². The Hall–Kier alpha value is -4.37. The molecule has 0 saturated carbocycles. The lowest BCUT2D eigenvalue weighted by Crippen LogP contribution is -2.24. The number of carbonyl (C=O) groups excluding carboxylic acids is 1. The summed E-state index contributed by atoms with van der Waals surface area (Å²) in [6, 6.07) is 18.2. The third kappa shape index (κ3) is 6.68. The van der Waals surface area contributed by atoms with Gasteiger partial charge in [-0.15, -0.1) is 11.6 Å². The summed E-state index contributed by atoms with van der Waals surface area (Å²) in [5.41, 5.74) is 9.02. The number of fused-ring (bicyclic) bond motifs is 1. The van der Waals surface area contributed by atoms with Crippen LogP contribution in [0, 0.1) is 0 Å². The Kier molecular flexibility index (Phi) is 8.94. The molecule has 1 aromatic heterocycles. The summed E-state index contributed by atoms with van der Waals surface area (Å²) in [5, 5.41) is 6.69. The quantitative estimate of drug-likeness (QED) is 0.161. The predicted octanol–water partition coefficient (Wildman–Crippen LogP) is 5.49. The molecule has 0 atom stereocenters. The van der Waals surface area contributed by atoms with Gasteiger partial charge in [-0.05, 0) is 61.0 Å². The summed E-state index contributed by atoms with van der Waals surface area (Å²) in [5.74, 6) is 3.37. The van der Waals surface area contributed by atoms with Crippen LogP contribution in [0.1, 0.15) is 6.42 Å². The number of halogens is 1. The first-order valence-corrected chi connectivity index (χ1v) is 12.5. The SMILES string of the molecule is CNC(=O)COc1ccc(Oc2ccc(Nc3c(N)cnc4cc(OCCCCl)c(OC)cc34)cc2)cc1. The van der Waals surface area contributed by atoms with Crippen molar-refractivity contribution in [2.75, 3.05) is 44.3 Å². The Bertz CT molecular complexity index is 1380. The standard InChI is InChI=1S/C28H29ClN4O5/c1-31-27(34)17-37-19-8-10-21(11-9-19)38-20-6-4-18(5-7-20)33-28-22-14-25(35-2)26(36-13-3-12-29)15-24(22)32-16-23(28)30/h4-11,14-16H,3,12-13,17,30H2,1-2H3,(H,31,34)(H,32,33). The lowest BCUT2D eigenvalue weighted by atomic mass is 10.1. The Morgan fingerprint density at radius 1 is 0.974 bits per heavy atom. The monoisotopic (exact) mass is 536 g/mol. The van der Waals surface area contributed by atoms with Crippen molar-refractivity contribution in [1.82, 2.24) is 10.3 Å². The minimum atomic E-state index is -0.198. The van der Waals surface area contributed by atoms with E-state index < -0.39 is 0 Å². The first-order valence-electron chi connectivity index (χ1n) is 11.9. The van der Waals surface area contributed by atoms with Gasteiger partial charge in [0.1, 0.15) is 17.2 Å². The van der Waals surface area contributed by atoms with Crippen LogP contribution in [0.5, 0.6) is 28.7 Å². The van der Waals surface area contributed by atoms with E-state index in [-0.39, 0.29) is 12.5 Å². The number of alkyl halides is 1. The van der Waals surface area contributed by atoms with E-state index in [4.69, 9.17) is 36.3 Å². The number of anilines is 3. The smallest absolute Gasteiger partial charge is 0.257 e. The third-order valence-corrected chi connectivity index (χ3v) is 5.82. The van der Waals surface area contributed by atoms with E-state index in [1.165, 1.54) is 0 Å². The number of likely N-dealkylation sites (N-methyl/N-ethyl adjacent to an activating group) is 1. The van der Waals surface area contributed by atoms with Crippen molar-refractivity contribution in [1.29, 1.82) is 0 Å². The molecule has 198 valence electrons. The number of benzene rings is 3. The van der Waals surface area contributed by atoms with Crippen molar-refractivity contribution in [2.24, 2.45) is 0 Å². The van der Waals surface area contributed by atoms with Gasteiger partial charge in [0.05, 0.1) is 36.8 Å². The molecule has 9 nitrogen and oxygen atoms in total. The Morgan fingerprint density at radius 2 is 1.66 bits per heavy atom. The maximum atomic E-state index is 11.3. The largest absolute Gasteiger partial charge is 0.493 e. The molecule has 4 N–H and O–H groups in total. The normalized spacial score (nSPS) is 10.6. The van der Waals surface area contributed by atoms with E-state index in [1.807, 2.05) is 36.4 Å². The zero-order valence-corrected chi connectivity index (χ0v) is 21.9. The van der Waals surface area contributed by atoms with Gasteiger partial charge in [0.2, 0.25) is 0 Å². The highest BCUT2D eigenvalue weighted by Crippen LogP contribution is 2.38. The number of aromatic nitrogens is 1. The van der Waals surface area contributed by atoms with Gasteiger partial charge in [-0.1, -0.05) is 0 Å². The molecule has 1 heterocycles. The Labute approximate surface area is 225 Å². The fourth-order valence-corrected chi connectivity index (χ4v) is 3.68. The minimum absolute atomic E-state index is 0.0429. The molecule has 0 spiro atoms. The molecule has 4 rings (SSSR count). The fourth-order valence-electron chi connectivity index (χ4n) is 3.58. The van der Waals surface area contributed by atoms with Crippen molar-refractivity contribution < 1.29 is 23.7 Å². The number of pyridine rings is 1. The highest BCUT2D eigenvalue weighted by atomic mass is 35.5. The first-order chi connectivity index (χ1) is 18.5. The van der Waals surface area contributed by atoms with Gasteiger partial charge in [-0.3, -0.25) is 9.78 Å². The number of hydrogen-bond donors (Lipinski definition) is 3. The van der Waals surface area contributed by atoms with E-state index in [1.54, 1.807) is 44.6 Å². The summed E-state index contributed by atoms with van der Waals surface area (Å²) >= 11 is 5.76. The van der Waals surface area contributed by atoms with Crippen LogP contribution >= 0.6 is 11.6 Å². The fraction of sp³-hybridized carbons (Fsp3) is 0.214. The van der Waals surface area contributed by atoms with E-state index in [0.717, 1.165) is 17.5 Å². The Morgan fingerprint density at radius 3 is 2.32 bits per heavy atom. The predicted molar refractivity (Wildman–Crippen MR) is 149 cm³/mol. The van der Waals surface area contributed by atoms with E-state index in [2.05, 4.69) is 15.6 Å². The molecule has 3 aromatic carbocycles. The number of nitrogen functional groups attached to an aromatic ring is 1. The number of carbonyl (C=O) groups is 1. The molecular weight excluding hydrogens is 508 g/mol. The highest BCUT2D eigenvalue weighted by Gasteiger charge is 2.14. The summed E-state index contributed by atoms with van der Waals surface area (Å²) in [4.78, 5) is 15.8. The zero-order chi connectivity index (χ0) is 26.9. The van der Waals surface area contributed by atoms with Crippen molar-refractivity contribution in [3.05, 3.63) is 66.9 Å². The lowest BCUT2D eigenvalue weighted by molar-refractivity contribution is -0.122. The first kappa shape index (κ1) is 26.7. The third-order valence-electron chi connectivity index (χ3n) is 5.55. The van der Waals surface area contributed by atoms with Gasteiger partial charge in [0, 0.05) is 30.1 Å². The summed E-state index contributed by atoms with van der Waals surface area (Å²) in [7, 11) is 3.15. The molecular formula is C28H29ClN4O5. The molecule has 10 heteroatoms. The van der Waals surface area contributed by atoms with E-state index in [9.17, 15) is 4.79 Å². The van der Waals surface area contributed by atoms with Crippen LogP contribution in [0.15, 0.2) is 66.9 Å². The number of rotatable bonds is 12. The van der Waals surface area contributed by atoms with Crippen LogP contribution in [0.4, 0.5) is 17.1 Å². The summed E-state index contributed by atoms with van der Waals surface area (Å²) in [6.45, 7) is 0.439.